The lowest BCUT2D eigenvalue weighted by Crippen LogP contribution is -2.15. The molecule has 3 nitrogen and oxygen atoms in total. The first-order valence-corrected chi connectivity index (χ1v) is 10.7. The van der Waals surface area contributed by atoms with Crippen molar-refractivity contribution in [2.24, 2.45) is 11.7 Å². The van der Waals surface area contributed by atoms with Gasteiger partial charge in [-0.2, -0.15) is 0 Å². The van der Waals surface area contributed by atoms with Crippen molar-refractivity contribution < 1.29 is 10.2 Å². The summed E-state index contributed by atoms with van der Waals surface area (Å²) < 4.78 is 0. The van der Waals surface area contributed by atoms with Gasteiger partial charge in [0.1, 0.15) is 0 Å². The molecule has 146 valence electrons. The zero-order valence-corrected chi connectivity index (χ0v) is 16.4. The van der Waals surface area contributed by atoms with Gasteiger partial charge in [-0.25, -0.2) is 0 Å². The van der Waals surface area contributed by atoms with E-state index in [4.69, 9.17) is 15.9 Å². The number of hydrogen-bond acceptors (Lipinski definition) is 3. The second-order valence-corrected chi connectivity index (χ2v) is 7.63. The highest BCUT2D eigenvalue weighted by atomic mass is 16.5. The summed E-state index contributed by atoms with van der Waals surface area (Å²) in [7, 11) is 0. The van der Waals surface area contributed by atoms with Gasteiger partial charge in [-0.05, 0) is 19.4 Å². The number of nitrogens with two attached hydrogens (primary N) is 1. The van der Waals surface area contributed by atoms with Crippen molar-refractivity contribution in [3.05, 3.63) is 0 Å². The van der Waals surface area contributed by atoms with Crippen LogP contribution in [0.15, 0.2) is 0 Å². The van der Waals surface area contributed by atoms with Crippen LogP contribution in [-0.4, -0.2) is 23.0 Å². The number of aliphatic hydroxyl groups is 2. The Labute approximate surface area is 151 Å². The average molecular weight is 344 g/mol. The van der Waals surface area contributed by atoms with Crippen LogP contribution in [0.1, 0.15) is 116 Å². The van der Waals surface area contributed by atoms with Crippen molar-refractivity contribution in [2.75, 3.05) is 6.54 Å². The lowest BCUT2D eigenvalue weighted by atomic mass is 10.0. The number of aliphatic hydroxyl groups excluding tert-OH is 1. The Morgan fingerprint density at radius 1 is 0.542 bits per heavy atom. The van der Waals surface area contributed by atoms with Crippen molar-refractivity contribution in [1.29, 1.82) is 0 Å². The fraction of sp³-hybridized carbons (Fsp3) is 1.00. The van der Waals surface area contributed by atoms with E-state index in [0.29, 0.717) is 0 Å². The molecular formula is C21H45NO2. The first-order valence-electron chi connectivity index (χ1n) is 10.7. The molecule has 0 saturated carbocycles. The van der Waals surface area contributed by atoms with Crippen LogP contribution in [0.5, 0.6) is 0 Å². The molecule has 0 spiro atoms. The maximum Gasteiger partial charge on any atom is 0.154 e. The van der Waals surface area contributed by atoms with Crippen LogP contribution in [-0.2, 0) is 0 Å². The third kappa shape index (κ3) is 18.2. The van der Waals surface area contributed by atoms with Crippen LogP contribution in [0, 0.1) is 5.92 Å². The second-order valence-electron chi connectivity index (χ2n) is 7.63. The smallest absolute Gasteiger partial charge is 0.154 e. The lowest BCUT2D eigenvalue weighted by molar-refractivity contribution is -0.0808. The molecule has 0 radical (unpaired) electrons. The summed E-state index contributed by atoms with van der Waals surface area (Å²) in [5.74, 6) is 0.0240. The minimum atomic E-state index is -1.14. The van der Waals surface area contributed by atoms with Crippen molar-refractivity contribution in [2.45, 2.75) is 122 Å². The van der Waals surface area contributed by atoms with Gasteiger partial charge in [0, 0.05) is 5.92 Å². The summed E-state index contributed by atoms with van der Waals surface area (Å²) in [6, 6.07) is 0. The summed E-state index contributed by atoms with van der Waals surface area (Å²) in [5.41, 5.74) is 5.49. The molecule has 0 aliphatic carbocycles. The highest BCUT2D eigenvalue weighted by molar-refractivity contribution is 4.55. The predicted octanol–water partition coefficient (Wildman–Crippen LogP) is 5.52. The number of hydrogen-bond donors (Lipinski definition) is 3. The monoisotopic (exact) mass is 343 g/mol. The van der Waals surface area contributed by atoms with Gasteiger partial charge < -0.3 is 15.9 Å². The molecule has 0 heterocycles. The van der Waals surface area contributed by atoms with Crippen molar-refractivity contribution >= 4 is 0 Å². The highest BCUT2D eigenvalue weighted by Gasteiger charge is 2.09. The highest BCUT2D eigenvalue weighted by Crippen LogP contribution is 2.16. The third-order valence-corrected chi connectivity index (χ3v) is 5.12. The summed E-state index contributed by atoms with van der Waals surface area (Å²) in [4.78, 5) is 0. The molecule has 0 saturated heterocycles. The van der Waals surface area contributed by atoms with Crippen LogP contribution in [0.4, 0.5) is 0 Å². The standard InChI is InChI=1S/C21H45NO2/c1-20(21(23)24)18-16-14-12-10-8-6-4-2-3-5-7-9-11-13-15-17-19-22/h20-21,23-24H,2-19,22H2,1H3. The van der Waals surface area contributed by atoms with Gasteiger partial charge in [0.25, 0.3) is 0 Å². The molecule has 24 heavy (non-hydrogen) atoms. The number of rotatable bonds is 19. The molecule has 1 atom stereocenters. The number of unbranched alkanes of at least 4 members (excludes halogenated alkanes) is 15. The van der Waals surface area contributed by atoms with Crippen LogP contribution >= 0.6 is 0 Å². The van der Waals surface area contributed by atoms with E-state index in [1.54, 1.807) is 0 Å². The van der Waals surface area contributed by atoms with E-state index in [0.717, 1.165) is 19.4 Å². The molecule has 1 unspecified atom stereocenters. The Morgan fingerprint density at radius 2 is 0.833 bits per heavy atom. The van der Waals surface area contributed by atoms with E-state index >= 15 is 0 Å². The van der Waals surface area contributed by atoms with Gasteiger partial charge in [0.2, 0.25) is 0 Å². The van der Waals surface area contributed by atoms with Gasteiger partial charge in [-0.3, -0.25) is 0 Å². The predicted molar refractivity (Wildman–Crippen MR) is 105 cm³/mol. The summed E-state index contributed by atoms with van der Waals surface area (Å²) >= 11 is 0. The second kappa shape index (κ2) is 19.2. The minimum absolute atomic E-state index is 0.0240. The molecular weight excluding hydrogens is 298 g/mol. The topological polar surface area (TPSA) is 66.5 Å². The average Bonchev–Trinajstić information content (AvgIpc) is 2.57. The van der Waals surface area contributed by atoms with Crippen LogP contribution in [0.25, 0.3) is 0 Å². The van der Waals surface area contributed by atoms with Gasteiger partial charge in [0.05, 0.1) is 0 Å². The Kier molecular flexibility index (Phi) is 19.1. The molecule has 0 fully saturated rings. The molecule has 0 bridgehead atoms. The molecule has 0 aliphatic rings. The van der Waals surface area contributed by atoms with Crippen molar-refractivity contribution in [3.8, 4) is 0 Å². The molecule has 4 N–H and O–H groups in total. The molecule has 0 aromatic heterocycles. The zero-order chi connectivity index (χ0) is 17.9. The van der Waals surface area contributed by atoms with E-state index < -0.39 is 6.29 Å². The summed E-state index contributed by atoms with van der Waals surface area (Å²) in [6.45, 7) is 2.76. The fourth-order valence-corrected chi connectivity index (χ4v) is 3.23. The fourth-order valence-electron chi connectivity index (χ4n) is 3.23. The quantitative estimate of drug-likeness (QED) is 0.213. The maximum absolute atomic E-state index is 9.01. The van der Waals surface area contributed by atoms with Crippen molar-refractivity contribution in [3.63, 3.8) is 0 Å². The first kappa shape index (κ1) is 23.9. The van der Waals surface area contributed by atoms with Gasteiger partial charge >= 0.3 is 0 Å². The summed E-state index contributed by atoms with van der Waals surface area (Å²) in [6.07, 6.45) is 21.4. The Hall–Kier alpha value is -0.120. The van der Waals surface area contributed by atoms with Crippen LogP contribution in [0.2, 0.25) is 0 Å². The lowest BCUT2D eigenvalue weighted by Gasteiger charge is -2.12. The Morgan fingerprint density at radius 3 is 1.12 bits per heavy atom. The molecule has 0 aromatic carbocycles. The zero-order valence-electron chi connectivity index (χ0n) is 16.4. The van der Waals surface area contributed by atoms with E-state index in [2.05, 4.69) is 0 Å². The van der Waals surface area contributed by atoms with Crippen LogP contribution in [0.3, 0.4) is 0 Å². The van der Waals surface area contributed by atoms with Crippen molar-refractivity contribution in [1.82, 2.24) is 0 Å². The van der Waals surface area contributed by atoms with E-state index in [-0.39, 0.29) is 5.92 Å². The first-order chi connectivity index (χ1) is 11.7. The molecule has 0 aliphatic heterocycles. The van der Waals surface area contributed by atoms with E-state index in [1.807, 2.05) is 6.92 Å². The Balaban J connectivity index is 3.03. The van der Waals surface area contributed by atoms with Gasteiger partial charge in [-0.15, -0.1) is 0 Å². The van der Waals surface area contributed by atoms with Gasteiger partial charge in [0.15, 0.2) is 6.29 Å². The molecule has 0 aromatic rings. The molecule has 0 amide bonds. The van der Waals surface area contributed by atoms with Gasteiger partial charge in [-0.1, -0.05) is 103 Å². The van der Waals surface area contributed by atoms with E-state index in [1.165, 1.54) is 96.3 Å². The third-order valence-electron chi connectivity index (χ3n) is 5.12. The summed E-state index contributed by atoms with van der Waals surface area (Å²) in [5, 5.41) is 18.0. The largest absolute Gasteiger partial charge is 0.368 e. The van der Waals surface area contributed by atoms with E-state index in [9.17, 15) is 0 Å². The maximum atomic E-state index is 9.01. The minimum Gasteiger partial charge on any atom is -0.368 e. The Bertz CT molecular complexity index is 234. The molecule has 3 heteroatoms. The normalized spacial score (nSPS) is 12.9. The SMILES string of the molecule is CC(CCCCCCCCCCCCCCCCCCN)C(O)O. The van der Waals surface area contributed by atoms with Crippen LogP contribution < -0.4 is 5.73 Å². The molecule has 0 rings (SSSR count).